The van der Waals surface area contributed by atoms with Gasteiger partial charge in [0, 0.05) is 24.0 Å². The van der Waals surface area contributed by atoms with Gasteiger partial charge < -0.3 is 15.3 Å². The predicted octanol–water partition coefficient (Wildman–Crippen LogP) is 4.09. The number of nitrogens with one attached hydrogen (secondary N) is 1. The first kappa shape index (κ1) is 32.5. The molecule has 4 atom stereocenters. The highest BCUT2D eigenvalue weighted by atomic mass is 16.7. The van der Waals surface area contributed by atoms with Gasteiger partial charge in [-0.1, -0.05) is 91.8 Å². The first-order valence-electron chi connectivity index (χ1n) is 14.0. The van der Waals surface area contributed by atoms with Gasteiger partial charge in [0.25, 0.3) is 5.91 Å². The van der Waals surface area contributed by atoms with Gasteiger partial charge in [-0.2, -0.15) is 0 Å². The molecule has 0 aliphatic carbocycles. The Morgan fingerprint density at radius 2 is 1.74 bits per heavy atom. The third kappa shape index (κ3) is 7.92. The molecule has 1 fully saturated rings. The fourth-order valence-corrected chi connectivity index (χ4v) is 5.22. The van der Waals surface area contributed by atoms with E-state index in [2.05, 4.69) is 19.2 Å². The first-order valence-corrected chi connectivity index (χ1v) is 14.0. The van der Waals surface area contributed by atoms with Gasteiger partial charge in [0.1, 0.15) is 18.8 Å². The number of hydrogen-bond donors (Lipinski definition) is 2. The Bertz CT molecular complexity index is 1030. The molecule has 1 heterocycles. The third-order valence-electron chi connectivity index (χ3n) is 7.78. The number of likely N-dealkylation sites (N-methyl/N-ethyl adjacent to an activating group) is 1. The Morgan fingerprint density at radius 1 is 1.15 bits per heavy atom. The minimum atomic E-state index is -0.765. The van der Waals surface area contributed by atoms with Crippen molar-refractivity contribution in [2.24, 2.45) is 17.3 Å². The number of carbonyl (C=O) groups is 3. The molecule has 0 bridgehead atoms. The number of β-amino-alcohol motifs (C(OH)–C–C–N with tert-alkyl or cyclic N) is 1. The second kappa shape index (κ2) is 13.1. The smallest absolute Gasteiger partial charge is 0.272 e. The molecule has 39 heavy (non-hydrogen) atoms. The average molecular weight is 544 g/mol. The number of amides is 3. The van der Waals surface area contributed by atoms with E-state index in [0.29, 0.717) is 12.0 Å². The van der Waals surface area contributed by atoms with Crippen LogP contribution in [0.4, 0.5) is 0 Å². The van der Waals surface area contributed by atoms with Gasteiger partial charge in [-0.3, -0.25) is 19.2 Å². The number of aliphatic hydroxyl groups is 1. The fourth-order valence-electron chi connectivity index (χ4n) is 5.22. The van der Waals surface area contributed by atoms with Gasteiger partial charge in [0.15, 0.2) is 0 Å². The molecule has 1 aliphatic heterocycles. The van der Waals surface area contributed by atoms with E-state index in [4.69, 9.17) is 4.84 Å². The second-order valence-corrected chi connectivity index (χ2v) is 12.7. The maximum Gasteiger partial charge on any atom is 0.272 e. The molecule has 1 aliphatic rings. The highest BCUT2D eigenvalue weighted by Gasteiger charge is 2.41. The molecule has 0 aromatic heterocycles. The number of benzene rings is 1. The maximum absolute atomic E-state index is 14.0. The van der Waals surface area contributed by atoms with Crippen molar-refractivity contribution in [3.8, 4) is 0 Å². The van der Waals surface area contributed by atoms with Crippen LogP contribution in [0.25, 0.3) is 0 Å². The van der Waals surface area contributed by atoms with Crippen LogP contribution in [0.3, 0.4) is 0 Å². The van der Waals surface area contributed by atoms with Crippen LogP contribution in [0.15, 0.2) is 42.0 Å². The van der Waals surface area contributed by atoms with E-state index < -0.39 is 29.0 Å². The number of carbonyl (C=O) groups excluding carboxylic acids is 3. The van der Waals surface area contributed by atoms with E-state index in [9.17, 15) is 19.5 Å². The zero-order valence-electron chi connectivity index (χ0n) is 25.4. The average Bonchev–Trinajstić information content (AvgIpc) is 3.30. The Hall–Kier alpha value is -2.71. The number of nitrogens with zero attached hydrogens (tertiary/aromatic N) is 2. The molecular weight excluding hydrogens is 494 g/mol. The van der Waals surface area contributed by atoms with Crippen LogP contribution in [-0.4, -0.2) is 71.2 Å². The minimum absolute atomic E-state index is 0.00325. The summed E-state index contributed by atoms with van der Waals surface area (Å²) in [5.74, 6) is -1.04. The van der Waals surface area contributed by atoms with Gasteiger partial charge >= 0.3 is 0 Å². The Morgan fingerprint density at radius 3 is 2.21 bits per heavy atom. The molecule has 8 heteroatoms. The molecule has 1 unspecified atom stereocenters. The van der Waals surface area contributed by atoms with Crippen LogP contribution in [0, 0.1) is 17.3 Å². The zero-order valence-corrected chi connectivity index (χ0v) is 25.4. The van der Waals surface area contributed by atoms with Crippen molar-refractivity contribution in [2.45, 2.75) is 92.3 Å². The molecule has 0 saturated carbocycles. The number of aliphatic hydroxyl groups excluding tert-OH is 1. The van der Waals surface area contributed by atoms with Crippen LogP contribution in [-0.2, 0) is 24.6 Å². The van der Waals surface area contributed by atoms with Crippen molar-refractivity contribution in [1.29, 1.82) is 0 Å². The summed E-state index contributed by atoms with van der Waals surface area (Å²) >= 11 is 0. The molecule has 0 spiro atoms. The minimum Gasteiger partial charge on any atom is -0.389 e. The maximum atomic E-state index is 14.0. The molecule has 1 aromatic carbocycles. The van der Waals surface area contributed by atoms with Gasteiger partial charge in [-0.15, -0.1) is 0 Å². The standard InChI is InChI=1S/C31H49N3O5/c1-11-24(31(8,9)22-15-13-12-14-16-22)27(36)32-26(30(5,6)7)29(38)33(10)25(20(2)3)17-21(4)28(37)34-18-23(35)19-39-34/h12-17,20,23-26,35H,11,18-19H2,1-10H3,(H,32,36)/b21-17+/t23?,24-,25-,26-/m1/s1. The third-order valence-corrected chi connectivity index (χ3v) is 7.78. The summed E-state index contributed by atoms with van der Waals surface area (Å²) < 4.78 is 0. The topological polar surface area (TPSA) is 99.2 Å². The zero-order chi connectivity index (χ0) is 29.7. The normalized spacial score (nSPS) is 19.0. The number of hydrogen-bond acceptors (Lipinski definition) is 5. The quantitative estimate of drug-likeness (QED) is 0.433. The molecule has 0 radical (unpaired) electrons. The highest BCUT2D eigenvalue weighted by Crippen LogP contribution is 2.35. The molecule has 2 N–H and O–H groups in total. The van der Waals surface area contributed by atoms with Crippen molar-refractivity contribution in [2.75, 3.05) is 20.2 Å². The molecule has 1 aromatic rings. The van der Waals surface area contributed by atoms with Crippen LogP contribution in [0.5, 0.6) is 0 Å². The predicted molar refractivity (Wildman–Crippen MR) is 153 cm³/mol. The number of hydroxylamine groups is 2. The Balaban J connectivity index is 2.31. The van der Waals surface area contributed by atoms with Crippen LogP contribution in [0.2, 0.25) is 0 Å². The van der Waals surface area contributed by atoms with Crippen molar-refractivity contribution in [1.82, 2.24) is 15.3 Å². The van der Waals surface area contributed by atoms with Gasteiger partial charge in [0.05, 0.1) is 12.6 Å². The molecule has 3 amide bonds. The lowest BCUT2D eigenvalue weighted by Gasteiger charge is -2.40. The van der Waals surface area contributed by atoms with Crippen LogP contribution >= 0.6 is 0 Å². The molecule has 218 valence electrons. The highest BCUT2D eigenvalue weighted by molar-refractivity contribution is 5.93. The number of rotatable bonds is 10. The van der Waals surface area contributed by atoms with E-state index >= 15 is 0 Å². The van der Waals surface area contributed by atoms with Crippen molar-refractivity contribution in [3.63, 3.8) is 0 Å². The SMILES string of the molecule is CC[C@H](C(=O)N[C@H](C(=O)N(C)[C@H](/C=C(\C)C(=O)N1CC(O)CO1)C(C)C)C(C)(C)C)C(C)(C)c1ccccc1. The lowest BCUT2D eigenvalue weighted by atomic mass is 9.71. The Labute approximate surface area is 234 Å². The van der Waals surface area contributed by atoms with Crippen molar-refractivity contribution < 1.29 is 24.3 Å². The van der Waals surface area contributed by atoms with Crippen molar-refractivity contribution in [3.05, 3.63) is 47.5 Å². The lowest BCUT2D eigenvalue weighted by molar-refractivity contribution is -0.164. The molecule has 1 saturated heterocycles. The van der Waals surface area contributed by atoms with Gasteiger partial charge in [0.2, 0.25) is 11.8 Å². The largest absolute Gasteiger partial charge is 0.389 e. The van der Waals surface area contributed by atoms with Gasteiger partial charge in [-0.05, 0) is 30.2 Å². The summed E-state index contributed by atoms with van der Waals surface area (Å²) in [6.45, 7) is 17.8. The van der Waals surface area contributed by atoms with E-state index in [1.54, 1.807) is 24.9 Å². The van der Waals surface area contributed by atoms with E-state index in [1.807, 2.05) is 71.9 Å². The van der Waals surface area contributed by atoms with Crippen LogP contribution in [0.1, 0.15) is 74.3 Å². The summed E-state index contributed by atoms with van der Waals surface area (Å²) in [6, 6.07) is 8.82. The first-order chi connectivity index (χ1) is 18.0. The Kier molecular flexibility index (Phi) is 10.9. The van der Waals surface area contributed by atoms with E-state index in [0.717, 1.165) is 10.6 Å². The summed E-state index contributed by atoms with van der Waals surface area (Å²) in [5, 5.41) is 14.0. The second-order valence-electron chi connectivity index (χ2n) is 12.7. The lowest BCUT2D eigenvalue weighted by Crippen LogP contribution is -2.58. The van der Waals surface area contributed by atoms with E-state index in [-0.39, 0.29) is 42.7 Å². The fraction of sp³-hybridized carbons (Fsp3) is 0.645. The van der Waals surface area contributed by atoms with Crippen LogP contribution < -0.4 is 5.32 Å². The summed E-state index contributed by atoms with van der Waals surface area (Å²) in [5.41, 5.74) is 0.520. The summed E-state index contributed by atoms with van der Waals surface area (Å²) in [6.07, 6.45) is 1.69. The van der Waals surface area contributed by atoms with Crippen molar-refractivity contribution >= 4 is 17.7 Å². The molecule has 2 rings (SSSR count). The molecular formula is C31H49N3O5. The summed E-state index contributed by atoms with van der Waals surface area (Å²) in [7, 11) is 1.72. The monoisotopic (exact) mass is 543 g/mol. The van der Waals surface area contributed by atoms with E-state index in [1.165, 1.54) is 0 Å². The molecule has 8 nitrogen and oxygen atoms in total. The van der Waals surface area contributed by atoms with Gasteiger partial charge in [-0.25, -0.2) is 5.06 Å². The summed E-state index contributed by atoms with van der Waals surface area (Å²) in [4.78, 5) is 47.5.